The number of benzene rings is 1. The number of fused-ring (bicyclic) bond motifs is 5. The molecule has 9 nitrogen and oxygen atoms in total. The number of amides is 1. The van der Waals surface area contributed by atoms with E-state index in [1.54, 1.807) is 4.90 Å². The van der Waals surface area contributed by atoms with Crippen LogP contribution in [-0.2, 0) is 4.79 Å². The smallest absolute Gasteiger partial charge is 0.276 e. The molecule has 0 radical (unpaired) electrons. The molecule has 4 aromatic heterocycles. The van der Waals surface area contributed by atoms with Gasteiger partial charge in [-0.2, -0.15) is 5.26 Å². The normalized spacial score (nSPS) is 15.4. The Morgan fingerprint density at radius 2 is 1.96 bits per heavy atom. The van der Waals surface area contributed by atoms with Gasteiger partial charge in [0.05, 0.1) is 48.9 Å². The Morgan fingerprint density at radius 1 is 1.22 bits per heavy atom. The van der Waals surface area contributed by atoms with Crippen LogP contribution in [0.15, 0.2) is 35.8 Å². The summed E-state index contributed by atoms with van der Waals surface area (Å²) in [7, 11) is 0. The van der Waals surface area contributed by atoms with Crippen molar-refractivity contribution in [3.63, 3.8) is 0 Å². The first-order chi connectivity index (χ1) is 21.4. The maximum atomic E-state index is 15.5. The molecular formula is C31H24Cl2F3N7O2. The van der Waals surface area contributed by atoms with Crippen molar-refractivity contribution < 1.29 is 18.0 Å². The predicted molar refractivity (Wildman–Crippen MR) is 167 cm³/mol. The van der Waals surface area contributed by atoms with E-state index in [9.17, 15) is 23.6 Å². The fraction of sp³-hybridized carbons (Fsp3) is 0.258. The molecule has 2 bridgehead atoms. The Hall–Kier alpha value is -4.60. The molecule has 1 aromatic carbocycles. The van der Waals surface area contributed by atoms with Crippen molar-refractivity contribution in [2.75, 3.05) is 24.5 Å². The van der Waals surface area contributed by atoms with E-state index in [4.69, 9.17) is 23.2 Å². The number of halogens is 5. The summed E-state index contributed by atoms with van der Waals surface area (Å²) in [6, 6.07) is 4.61. The van der Waals surface area contributed by atoms with Gasteiger partial charge in [-0.3, -0.25) is 19.0 Å². The zero-order valence-electron chi connectivity index (χ0n) is 24.2. The highest BCUT2D eigenvalue weighted by atomic mass is 35.5. The Kier molecular flexibility index (Phi) is 7.49. The first-order valence-corrected chi connectivity index (χ1v) is 14.7. The van der Waals surface area contributed by atoms with Crippen molar-refractivity contribution in [3.05, 3.63) is 80.1 Å². The van der Waals surface area contributed by atoms with Crippen molar-refractivity contribution in [2.45, 2.75) is 32.7 Å². The highest BCUT2D eigenvalue weighted by molar-refractivity contribution is 6.40. The maximum absolute atomic E-state index is 15.5. The second-order valence-corrected chi connectivity index (χ2v) is 11.9. The molecule has 0 saturated carbocycles. The lowest BCUT2D eigenvalue weighted by atomic mass is 10.1. The van der Waals surface area contributed by atoms with Gasteiger partial charge in [0.1, 0.15) is 11.6 Å². The van der Waals surface area contributed by atoms with Gasteiger partial charge in [0.25, 0.3) is 5.56 Å². The molecule has 6 rings (SSSR count). The zero-order chi connectivity index (χ0) is 32.5. The minimum Gasteiger partial charge on any atom is -0.366 e. The molecule has 230 valence electrons. The molecule has 0 aliphatic carbocycles. The Balaban J connectivity index is 1.89. The summed E-state index contributed by atoms with van der Waals surface area (Å²) in [5.41, 5.74) is -0.918. The summed E-state index contributed by atoms with van der Waals surface area (Å²) >= 11 is 13.1. The molecule has 0 unspecified atom stereocenters. The minimum atomic E-state index is -1.81. The van der Waals surface area contributed by atoms with E-state index in [0.717, 1.165) is 0 Å². The van der Waals surface area contributed by atoms with Gasteiger partial charge in [0.2, 0.25) is 5.91 Å². The molecule has 14 heteroatoms. The quantitative estimate of drug-likeness (QED) is 0.137. The van der Waals surface area contributed by atoms with Crippen LogP contribution in [0.5, 0.6) is 0 Å². The number of aromatic nitrogens is 4. The van der Waals surface area contributed by atoms with Gasteiger partial charge >= 0.3 is 0 Å². The van der Waals surface area contributed by atoms with E-state index in [2.05, 4.69) is 21.5 Å². The maximum Gasteiger partial charge on any atom is 0.276 e. The molecule has 45 heavy (non-hydrogen) atoms. The monoisotopic (exact) mass is 653 g/mol. The van der Waals surface area contributed by atoms with Crippen LogP contribution in [0.25, 0.3) is 38.5 Å². The van der Waals surface area contributed by atoms with Gasteiger partial charge in [-0.1, -0.05) is 43.6 Å². The summed E-state index contributed by atoms with van der Waals surface area (Å²) in [4.78, 5) is 42.2. The SMILES string of the molecule is C=CC(=O)N1CCN(c2c(C#N)c(=O)n3c4nc(c(Cl)cc24)c2c(Cl)c(F)c(F)c(F)c2[nH]c2ccnc(C(C)C)c23)C[C@H]1C. The number of H-pyrrole nitrogens is 1. The third kappa shape index (κ3) is 4.52. The van der Waals surface area contributed by atoms with E-state index in [-0.39, 0.29) is 86.7 Å². The molecule has 1 aliphatic heterocycles. The summed E-state index contributed by atoms with van der Waals surface area (Å²) in [5.74, 6) is -5.56. The number of aromatic amines is 1. The molecule has 1 atom stereocenters. The van der Waals surface area contributed by atoms with Crippen molar-refractivity contribution in [1.29, 1.82) is 5.26 Å². The van der Waals surface area contributed by atoms with Crippen molar-refractivity contribution >= 4 is 73.3 Å². The van der Waals surface area contributed by atoms with Gasteiger partial charge < -0.3 is 14.8 Å². The number of pyridine rings is 3. The summed E-state index contributed by atoms with van der Waals surface area (Å²) < 4.78 is 46.4. The number of nitrogens with one attached hydrogen (secondary N) is 1. The Bertz CT molecular complexity index is 2260. The molecule has 1 amide bonds. The number of carbonyl (C=O) groups excluding carboxylic acids is 1. The lowest BCUT2D eigenvalue weighted by Crippen LogP contribution is -2.54. The van der Waals surface area contributed by atoms with E-state index in [0.29, 0.717) is 5.69 Å². The van der Waals surface area contributed by atoms with Crippen molar-refractivity contribution in [2.24, 2.45) is 0 Å². The van der Waals surface area contributed by atoms with Gasteiger partial charge in [-0.15, -0.1) is 0 Å². The number of carbonyl (C=O) groups is 1. The standard InChI is InChI=1S/C31H24Cl2F3N7O2/c1-5-19(44)42-9-8-41(12-14(42)4)28-15-10-17(32)26-20-21(33)22(34)23(35)24(36)27(20)39-18-6-7-38-25(13(2)3)29(18)43(30(15)40-26)31(45)16(28)11-37/h5-7,10,13-14,39H,1,8-9,12H2,2-4H3/t14-/m1/s1. The lowest BCUT2D eigenvalue weighted by molar-refractivity contribution is -0.128. The second kappa shape index (κ2) is 11.1. The molecular weight excluding hydrogens is 630 g/mol. The van der Waals surface area contributed by atoms with Crippen LogP contribution in [0, 0.1) is 28.8 Å². The third-order valence-corrected chi connectivity index (χ3v) is 8.72. The van der Waals surface area contributed by atoms with Crippen LogP contribution in [0.4, 0.5) is 18.9 Å². The van der Waals surface area contributed by atoms with Crippen LogP contribution in [0.3, 0.4) is 0 Å². The Labute approximate surface area is 263 Å². The number of rotatable bonds is 3. The van der Waals surface area contributed by atoms with E-state index >= 15 is 4.39 Å². The number of nitriles is 1. The van der Waals surface area contributed by atoms with E-state index in [1.807, 2.05) is 31.7 Å². The Morgan fingerprint density at radius 3 is 2.60 bits per heavy atom. The van der Waals surface area contributed by atoms with Crippen LogP contribution < -0.4 is 10.5 Å². The predicted octanol–water partition coefficient (Wildman–Crippen LogP) is 6.38. The molecule has 1 aliphatic rings. The van der Waals surface area contributed by atoms with Crippen LogP contribution in [-0.4, -0.2) is 55.8 Å². The third-order valence-electron chi connectivity index (χ3n) is 8.08. The highest BCUT2D eigenvalue weighted by Crippen LogP contribution is 2.39. The number of piperazine rings is 1. The average Bonchev–Trinajstić information content (AvgIpc) is 3.07. The molecule has 1 N–H and O–H groups in total. The van der Waals surface area contributed by atoms with Gasteiger partial charge in [-0.25, -0.2) is 18.2 Å². The molecule has 1 saturated heterocycles. The molecule has 5 aromatic rings. The van der Waals surface area contributed by atoms with Crippen LogP contribution >= 0.6 is 23.2 Å². The van der Waals surface area contributed by atoms with Crippen LogP contribution in [0.1, 0.15) is 37.9 Å². The average molecular weight is 654 g/mol. The summed E-state index contributed by atoms with van der Waals surface area (Å²) in [6.07, 6.45) is 2.64. The summed E-state index contributed by atoms with van der Waals surface area (Å²) in [5, 5.41) is 9.44. The number of hydrogen-bond acceptors (Lipinski definition) is 6. The zero-order valence-corrected chi connectivity index (χ0v) is 25.7. The fourth-order valence-electron chi connectivity index (χ4n) is 6.02. The molecule has 1 fully saturated rings. The van der Waals surface area contributed by atoms with Gasteiger partial charge in [-0.05, 0) is 31.1 Å². The topological polar surface area (TPSA) is 110 Å². The largest absolute Gasteiger partial charge is 0.366 e. The van der Waals surface area contributed by atoms with Gasteiger partial charge in [0.15, 0.2) is 23.1 Å². The molecule has 5 heterocycles. The summed E-state index contributed by atoms with van der Waals surface area (Å²) in [6.45, 7) is 9.84. The lowest BCUT2D eigenvalue weighted by Gasteiger charge is -2.41. The van der Waals surface area contributed by atoms with E-state index < -0.39 is 33.6 Å². The second-order valence-electron chi connectivity index (χ2n) is 11.1. The molecule has 0 spiro atoms. The highest BCUT2D eigenvalue weighted by Gasteiger charge is 2.31. The minimum absolute atomic E-state index is 0.00217. The number of anilines is 1. The van der Waals surface area contributed by atoms with E-state index in [1.165, 1.54) is 28.8 Å². The van der Waals surface area contributed by atoms with Crippen molar-refractivity contribution in [1.82, 2.24) is 24.3 Å². The number of nitrogens with zero attached hydrogens (tertiary/aromatic N) is 6. The first-order valence-electron chi connectivity index (χ1n) is 13.9. The van der Waals surface area contributed by atoms with Crippen LogP contribution in [0.2, 0.25) is 10.0 Å². The fourth-order valence-corrected chi connectivity index (χ4v) is 6.53. The number of hydrogen-bond donors (Lipinski definition) is 1. The first kappa shape index (κ1) is 30.4. The van der Waals surface area contributed by atoms with Crippen molar-refractivity contribution in [3.8, 4) is 6.07 Å². The van der Waals surface area contributed by atoms with Gasteiger partial charge in [0, 0.05) is 37.3 Å².